The van der Waals surface area contributed by atoms with E-state index in [0.29, 0.717) is 17.2 Å². The average Bonchev–Trinajstić information content (AvgIpc) is 2.56. The van der Waals surface area contributed by atoms with Crippen molar-refractivity contribution >= 4 is 27.5 Å². The number of carbonyl (C=O) groups excluding carboxylic acids is 1. The standard InChI is InChI=1S/C18H18ClNO4S/c19-16-8-4-2-6-14(16)12-25(22,23)20-18(21)11-17-15-7-3-1-5-13(15)9-10-24-17/h1-8,17H,9-12H2,(H,20,21). The second-order valence-corrected chi connectivity index (χ2v) is 8.02. The molecule has 5 nitrogen and oxygen atoms in total. The Morgan fingerprint density at radius 1 is 1.16 bits per heavy atom. The van der Waals surface area contributed by atoms with Crippen molar-refractivity contribution in [3.8, 4) is 0 Å². The lowest BCUT2D eigenvalue weighted by atomic mass is 9.96. The third kappa shape index (κ3) is 4.60. The molecule has 2 aromatic rings. The molecule has 1 atom stereocenters. The topological polar surface area (TPSA) is 72.5 Å². The van der Waals surface area contributed by atoms with Gasteiger partial charge in [0.05, 0.1) is 24.9 Å². The molecule has 1 aliphatic heterocycles. The first-order chi connectivity index (χ1) is 11.9. The molecule has 0 spiro atoms. The van der Waals surface area contributed by atoms with Crippen molar-refractivity contribution in [2.45, 2.75) is 24.7 Å². The Morgan fingerprint density at radius 2 is 1.88 bits per heavy atom. The van der Waals surface area contributed by atoms with E-state index in [2.05, 4.69) is 4.72 Å². The zero-order valence-corrected chi connectivity index (χ0v) is 15.0. The van der Waals surface area contributed by atoms with Crippen LogP contribution in [0, 0.1) is 0 Å². The van der Waals surface area contributed by atoms with E-state index in [1.807, 2.05) is 24.3 Å². The molecular weight excluding hydrogens is 362 g/mol. The van der Waals surface area contributed by atoms with Gasteiger partial charge in [0.15, 0.2) is 0 Å². The van der Waals surface area contributed by atoms with Crippen molar-refractivity contribution in [2.24, 2.45) is 0 Å². The summed E-state index contributed by atoms with van der Waals surface area (Å²) in [5, 5.41) is 0.352. The van der Waals surface area contributed by atoms with Crippen LogP contribution >= 0.6 is 11.6 Å². The largest absolute Gasteiger partial charge is 0.373 e. The van der Waals surface area contributed by atoms with Gasteiger partial charge in [0.1, 0.15) is 0 Å². The normalized spacial score (nSPS) is 16.9. The summed E-state index contributed by atoms with van der Waals surface area (Å²) >= 11 is 5.98. The lowest BCUT2D eigenvalue weighted by molar-refractivity contribution is -0.122. The lowest BCUT2D eigenvalue weighted by Gasteiger charge is -2.25. The third-order valence-corrected chi connectivity index (χ3v) is 5.63. The van der Waals surface area contributed by atoms with Crippen molar-refractivity contribution in [3.63, 3.8) is 0 Å². The van der Waals surface area contributed by atoms with E-state index in [0.717, 1.165) is 17.5 Å². The molecule has 7 heteroatoms. The number of benzene rings is 2. The summed E-state index contributed by atoms with van der Waals surface area (Å²) in [6.07, 6.45) is 0.318. The predicted molar refractivity (Wildman–Crippen MR) is 95.7 cm³/mol. The number of amides is 1. The van der Waals surface area contributed by atoms with Crippen molar-refractivity contribution in [1.82, 2.24) is 4.72 Å². The summed E-state index contributed by atoms with van der Waals surface area (Å²) in [6, 6.07) is 14.4. The number of hydrogen-bond donors (Lipinski definition) is 1. The van der Waals surface area contributed by atoms with Crippen molar-refractivity contribution in [1.29, 1.82) is 0 Å². The fourth-order valence-electron chi connectivity index (χ4n) is 2.89. The first kappa shape index (κ1) is 17.9. The number of rotatable bonds is 5. The molecule has 0 fully saturated rings. The van der Waals surface area contributed by atoms with E-state index >= 15 is 0 Å². The molecule has 3 rings (SSSR count). The summed E-state index contributed by atoms with van der Waals surface area (Å²) in [7, 11) is -3.82. The van der Waals surface area contributed by atoms with Crippen molar-refractivity contribution in [2.75, 3.05) is 6.61 Å². The van der Waals surface area contributed by atoms with Gasteiger partial charge in [-0.15, -0.1) is 0 Å². The van der Waals surface area contributed by atoms with E-state index in [9.17, 15) is 13.2 Å². The Morgan fingerprint density at radius 3 is 2.68 bits per heavy atom. The van der Waals surface area contributed by atoms with E-state index in [-0.39, 0.29) is 12.2 Å². The molecule has 0 aliphatic carbocycles. The van der Waals surface area contributed by atoms with Crippen molar-refractivity contribution < 1.29 is 17.9 Å². The smallest absolute Gasteiger partial charge is 0.239 e. The number of halogens is 1. The number of sulfonamides is 1. The van der Waals surface area contributed by atoms with Gasteiger partial charge < -0.3 is 4.74 Å². The highest BCUT2D eigenvalue weighted by Gasteiger charge is 2.25. The van der Waals surface area contributed by atoms with Crippen LogP contribution in [0.3, 0.4) is 0 Å². The van der Waals surface area contributed by atoms with Crippen LogP contribution in [-0.2, 0) is 31.7 Å². The van der Waals surface area contributed by atoms with Crippen molar-refractivity contribution in [3.05, 3.63) is 70.2 Å². The Hall–Kier alpha value is -1.89. The maximum atomic E-state index is 12.2. The summed E-state index contributed by atoms with van der Waals surface area (Å²) in [5.74, 6) is -0.936. The van der Waals surface area contributed by atoms with Gasteiger partial charge in [-0.25, -0.2) is 8.42 Å². The van der Waals surface area contributed by atoms with Crippen LogP contribution in [0.25, 0.3) is 0 Å². The van der Waals surface area contributed by atoms with Crippen LogP contribution in [0.4, 0.5) is 0 Å². The molecule has 0 saturated carbocycles. The minimum Gasteiger partial charge on any atom is -0.373 e. The van der Waals surface area contributed by atoms with Gasteiger partial charge in [-0.2, -0.15) is 0 Å². The van der Waals surface area contributed by atoms with Crippen LogP contribution in [0.15, 0.2) is 48.5 Å². The summed E-state index contributed by atoms with van der Waals surface area (Å²) in [6.45, 7) is 0.515. The zero-order valence-electron chi connectivity index (χ0n) is 13.4. The van der Waals surface area contributed by atoms with Crippen LogP contribution < -0.4 is 4.72 Å². The van der Waals surface area contributed by atoms with E-state index in [4.69, 9.17) is 16.3 Å². The fraction of sp³-hybridized carbons (Fsp3) is 0.278. The maximum Gasteiger partial charge on any atom is 0.239 e. The summed E-state index contributed by atoms with van der Waals surface area (Å²) in [5.41, 5.74) is 2.52. The van der Waals surface area contributed by atoms with Gasteiger partial charge in [0, 0.05) is 5.02 Å². The molecule has 2 aromatic carbocycles. The summed E-state index contributed by atoms with van der Waals surface area (Å²) < 4.78 is 32.2. The van der Waals surface area contributed by atoms with Gasteiger partial charge in [0.25, 0.3) is 0 Å². The number of ether oxygens (including phenoxy) is 1. The molecule has 0 aromatic heterocycles. The summed E-state index contributed by atoms with van der Waals surface area (Å²) in [4.78, 5) is 12.2. The zero-order chi connectivity index (χ0) is 17.9. The van der Waals surface area contributed by atoms with Gasteiger partial charge in [-0.1, -0.05) is 54.1 Å². The molecule has 0 saturated heterocycles. The quantitative estimate of drug-likeness (QED) is 0.866. The van der Waals surface area contributed by atoms with Gasteiger partial charge in [-0.3, -0.25) is 9.52 Å². The van der Waals surface area contributed by atoms with E-state index < -0.39 is 22.0 Å². The molecule has 1 unspecified atom stereocenters. The highest BCUT2D eigenvalue weighted by Crippen LogP contribution is 2.29. The minimum atomic E-state index is -3.82. The van der Waals surface area contributed by atoms with Gasteiger partial charge >= 0.3 is 0 Å². The second kappa shape index (κ2) is 7.56. The minimum absolute atomic E-state index is 0.0429. The average molecular weight is 380 g/mol. The number of hydrogen-bond acceptors (Lipinski definition) is 4. The first-order valence-electron chi connectivity index (χ1n) is 7.91. The number of nitrogens with one attached hydrogen (secondary N) is 1. The Balaban J connectivity index is 1.66. The molecule has 1 aliphatic rings. The molecule has 1 amide bonds. The molecule has 1 N–H and O–H groups in total. The Labute approximate surface area is 152 Å². The Kier molecular flexibility index (Phi) is 5.42. The first-order valence-corrected chi connectivity index (χ1v) is 9.94. The third-order valence-electron chi connectivity index (χ3n) is 4.04. The lowest BCUT2D eigenvalue weighted by Crippen LogP contribution is -2.33. The fourth-order valence-corrected chi connectivity index (χ4v) is 4.33. The molecule has 25 heavy (non-hydrogen) atoms. The van der Waals surface area contributed by atoms with Crippen LogP contribution in [-0.4, -0.2) is 20.9 Å². The second-order valence-electron chi connectivity index (χ2n) is 5.89. The number of carbonyl (C=O) groups is 1. The number of fused-ring (bicyclic) bond motifs is 1. The van der Waals surface area contributed by atoms with Gasteiger partial charge in [-0.05, 0) is 29.2 Å². The van der Waals surface area contributed by atoms with Crippen LogP contribution in [0.2, 0.25) is 5.02 Å². The van der Waals surface area contributed by atoms with Crippen LogP contribution in [0.1, 0.15) is 29.2 Å². The molecule has 0 radical (unpaired) electrons. The molecule has 132 valence electrons. The Bertz CT molecular complexity index is 882. The monoisotopic (exact) mass is 379 g/mol. The maximum absolute atomic E-state index is 12.2. The molecule has 0 bridgehead atoms. The predicted octanol–water partition coefficient (Wildman–Crippen LogP) is 2.99. The molecular formula is C18H18ClNO4S. The van der Waals surface area contributed by atoms with E-state index in [1.165, 1.54) is 0 Å². The van der Waals surface area contributed by atoms with Gasteiger partial charge in [0.2, 0.25) is 15.9 Å². The van der Waals surface area contributed by atoms with E-state index in [1.54, 1.807) is 24.3 Å². The molecule has 1 heterocycles. The SMILES string of the molecule is O=C(CC1OCCc2ccccc21)NS(=O)(=O)Cc1ccccc1Cl. The highest BCUT2D eigenvalue weighted by atomic mass is 35.5. The highest BCUT2D eigenvalue weighted by molar-refractivity contribution is 7.89. The van der Waals surface area contributed by atoms with Crippen LogP contribution in [0.5, 0.6) is 0 Å².